The van der Waals surface area contributed by atoms with Crippen molar-refractivity contribution in [2.45, 2.75) is 18.9 Å². The Hall–Kier alpha value is -3.25. The number of nitrogens with zero attached hydrogens (tertiary/aromatic N) is 1. The maximum Gasteiger partial charge on any atom is 0.223 e. The van der Waals surface area contributed by atoms with Crippen LogP contribution in [-0.2, 0) is 4.79 Å². The average Bonchev–Trinajstić information content (AvgIpc) is 2.85. The fourth-order valence-electron chi connectivity index (χ4n) is 4.19. The van der Waals surface area contributed by atoms with Crippen LogP contribution in [0.15, 0.2) is 78.9 Å². The highest BCUT2D eigenvalue weighted by molar-refractivity contribution is 5.79. The first kappa shape index (κ1) is 22.9. The summed E-state index contributed by atoms with van der Waals surface area (Å²) >= 11 is 0. The second-order valence-electron chi connectivity index (χ2n) is 8.29. The molecule has 33 heavy (non-hydrogen) atoms. The minimum absolute atomic E-state index is 0.104. The lowest BCUT2D eigenvalue weighted by Gasteiger charge is -2.32. The Morgan fingerprint density at radius 3 is 2.30 bits per heavy atom. The van der Waals surface area contributed by atoms with Crippen LogP contribution in [0.25, 0.3) is 0 Å². The van der Waals surface area contributed by atoms with E-state index in [9.17, 15) is 13.6 Å². The first-order valence-electron chi connectivity index (χ1n) is 11.3. The highest BCUT2D eigenvalue weighted by Crippen LogP contribution is 2.27. The van der Waals surface area contributed by atoms with Crippen molar-refractivity contribution in [3.8, 4) is 5.75 Å². The Bertz CT molecular complexity index is 1040. The summed E-state index contributed by atoms with van der Waals surface area (Å²) in [5.74, 6) is -0.174. The molecule has 0 spiro atoms. The van der Waals surface area contributed by atoms with Crippen LogP contribution < -0.4 is 10.1 Å². The van der Waals surface area contributed by atoms with Crippen molar-refractivity contribution in [1.29, 1.82) is 0 Å². The summed E-state index contributed by atoms with van der Waals surface area (Å²) in [4.78, 5) is 15.4. The van der Waals surface area contributed by atoms with Gasteiger partial charge in [-0.3, -0.25) is 9.69 Å². The summed E-state index contributed by atoms with van der Waals surface area (Å²) in [6.07, 6.45) is 1.45. The van der Waals surface area contributed by atoms with E-state index in [-0.39, 0.29) is 17.6 Å². The number of halogens is 2. The van der Waals surface area contributed by atoms with E-state index in [0.717, 1.165) is 38.2 Å². The van der Waals surface area contributed by atoms with Crippen LogP contribution in [0.5, 0.6) is 5.75 Å². The van der Waals surface area contributed by atoms with E-state index in [2.05, 4.69) is 10.2 Å². The molecule has 0 bridgehead atoms. The van der Waals surface area contributed by atoms with Gasteiger partial charge in [0.25, 0.3) is 0 Å². The number of nitrogens with one attached hydrogen (secondary N) is 1. The first-order chi connectivity index (χ1) is 16.1. The van der Waals surface area contributed by atoms with Gasteiger partial charge in [-0.25, -0.2) is 8.78 Å². The molecule has 1 N–H and O–H groups in total. The number of likely N-dealkylation sites (tertiary alicyclic amines) is 1. The maximum atomic E-state index is 14.5. The molecule has 0 saturated carbocycles. The van der Waals surface area contributed by atoms with Crippen molar-refractivity contribution >= 4 is 5.91 Å². The fourth-order valence-corrected chi connectivity index (χ4v) is 4.19. The molecule has 3 aromatic rings. The number of amides is 1. The van der Waals surface area contributed by atoms with Gasteiger partial charge in [-0.05, 0) is 61.8 Å². The Morgan fingerprint density at radius 1 is 0.939 bits per heavy atom. The largest absolute Gasteiger partial charge is 0.492 e. The number of carbonyl (C=O) groups is 1. The van der Waals surface area contributed by atoms with Gasteiger partial charge in [-0.15, -0.1) is 0 Å². The Labute approximate surface area is 193 Å². The molecule has 1 saturated heterocycles. The molecule has 1 aliphatic heterocycles. The van der Waals surface area contributed by atoms with Crippen LogP contribution in [-0.4, -0.2) is 37.0 Å². The summed E-state index contributed by atoms with van der Waals surface area (Å²) in [7, 11) is 0. The van der Waals surface area contributed by atoms with Crippen molar-refractivity contribution in [2.24, 2.45) is 5.92 Å². The van der Waals surface area contributed by atoms with Gasteiger partial charge in [0.05, 0.1) is 6.04 Å². The van der Waals surface area contributed by atoms with Crippen LogP contribution in [0.3, 0.4) is 0 Å². The summed E-state index contributed by atoms with van der Waals surface area (Å²) in [5, 5.41) is 3.01. The van der Waals surface area contributed by atoms with Gasteiger partial charge in [0.1, 0.15) is 24.0 Å². The van der Waals surface area contributed by atoms with Crippen molar-refractivity contribution in [1.82, 2.24) is 10.2 Å². The van der Waals surface area contributed by atoms with Gasteiger partial charge in [0, 0.05) is 18.0 Å². The minimum Gasteiger partial charge on any atom is -0.492 e. The normalized spacial score (nSPS) is 15.7. The van der Waals surface area contributed by atoms with Crippen LogP contribution in [0.1, 0.15) is 30.0 Å². The van der Waals surface area contributed by atoms with Crippen LogP contribution in [0.4, 0.5) is 8.78 Å². The number of benzene rings is 3. The molecule has 1 atom stereocenters. The van der Waals surface area contributed by atoms with E-state index < -0.39 is 11.9 Å². The van der Waals surface area contributed by atoms with Crippen molar-refractivity contribution < 1.29 is 18.3 Å². The van der Waals surface area contributed by atoms with Gasteiger partial charge in [0.15, 0.2) is 0 Å². The standard InChI is InChI=1S/C27H28F2N2O2/c28-22-12-10-20(11-13-22)26(24-8-4-5-9-25(24)29)30-27(32)21-14-16-31(17-15-21)18-19-33-23-6-2-1-3-7-23/h1-13,21,26H,14-19H2,(H,30,32)/t26-/m1/s1. The minimum atomic E-state index is -0.670. The van der Waals surface area contributed by atoms with Crippen LogP contribution in [0.2, 0.25) is 0 Å². The zero-order valence-corrected chi connectivity index (χ0v) is 18.4. The quantitative estimate of drug-likeness (QED) is 0.527. The number of para-hydroxylation sites is 1. The molecule has 4 rings (SSSR count). The summed E-state index contributed by atoms with van der Waals surface area (Å²) in [6.45, 7) is 3.01. The SMILES string of the molecule is O=C(N[C@H](c1ccc(F)cc1)c1ccccc1F)C1CCN(CCOc2ccccc2)CC1. The predicted octanol–water partition coefficient (Wildman–Crippen LogP) is 4.96. The van der Waals surface area contributed by atoms with E-state index in [4.69, 9.17) is 4.74 Å². The second-order valence-corrected chi connectivity index (χ2v) is 8.29. The fraction of sp³-hybridized carbons (Fsp3) is 0.296. The smallest absolute Gasteiger partial charge is 0.223 e. The molecule has 0 aliphatic carbocycles. The van der Waals surface area contributed by atoms with Gasteiger partial charge in [-0.2, -0.15) is 0 Å². The molecule has 1 amide bonds. The molecule has 3 aromatic carbocycles. The van der Waals surface area contributed by atoms with Gasteiger partial charge >= 0.3 is 0 Å². The average molecular weight is 451 g/mol. The molecule has 0 unspecified atom stereocenters. The van der Waals surface area contributed by atoms with Crippen LogP contribution in [0, 0.1) is 17.6 Å². The first-order valence-corrected chi connectivity index (χ1v) is 11.3. The zero-order valence-electron chi connectivity index (χ0n) is 18.4. The number of hydrogen-bond donors (Lipinski definition) is 1. The van der Waals surface area contributed by atoms with Crippen molar-refractivity contribution in [3.63, 3.8) is 0 Å². The molecule has 1 fully saturated rings. The molecule has 1 heterocycles. The molecular formula is C27H28F2N2O2. The summed E-state index contributed by atoms with van der Waals surface area (Å²) < 4.78 is 33.7. The Balaban J connectivity index is 1.34. The van der Waals surface area contributed by atoms with Crippen molar-refractivity contribution in [3.05, 3.63) is 102 Å². The van der Waals surface area contributed by atoms with Crippen molar-refractivity contribution in [2.75, 3.05) is 26.2 Å². The van der Waals surface area contributed by atoms with Gasteiger partial charge < -0.3 is 10.1 Å². The number of rotatable bonds is 8. The van der Waals surface area contributed by atoms with E-state index in [1.54, 1.807) is 30.3 Å². The molecular weight excluding hydrogens is 422 g/mol. The Morgan fingerprint density at radius 2 is 1.61 bits per heavy atom. The number of hydrogen-bond acceptors (Lipinski definition) is 3. The third-order valence-electron chi connectivity index (χ3n) is 6.08. The molecule has 0 aromatic heterocycles. The Kier molecular flexibility index (Phi) is 7.68. The molecule has 1 aliphatic rings. The maximum absolute atomic E-state index is 14.5. The highest BCUT2D eigenvalue weighted by Gasteiger charge is 2.28. The van der Waals surface area contributed by atoms with Crippen LogP contribution >= 0.6 is 0 Å². The lowest BCUT2D eigenvalue weighted by Crippen LogP contribution is -2.43. The zero-order chi connectivity index (χ0) is 23.0. The van der Waals surface area contributed by atoms with Gasteiger partial charge in [0.2, 0.25) is 5.91 Å². The molecule has 172 valence electrons. The molecule has 4 nitrogen and oxygen atoms in total. The number of ether oxygens (including phenoxy) is 1. The van der Waals surface area contributed by atoms with E-state index in [1.807, 2.05) is 30.3 Å². The van der Waals surface area contributed by atoms with E-state index in [1.165, 1.54) is 18.2 Å². The predicted molar refractivity (Wildman–Crippen MR) is 124 cm³/mol. The monoisotopic (exact) mass is 450 g/mol. The van der Waals surface area contributed by atoms with E-state index >= 15 is 0 Å². The molecule has 0 radical (unpaired) electrons. The molecule has 6 heteroatoms. The second kappa shape index (κ2) is 11.1. The lowest BCUT2D eigenvalue weighted by molar-refractivity contribution is -0.127. The number of piperidine rings is 1. The summed E-state index contributed by atoms with van der Waals surface area (Å²) in [6, 6.07) is 21.2. The van der Waals surface area contributed by atoms with E-state index in [0.29, 0.717) is 17.7 Å². The topological polar surface area (TPSA) is 41.6 Å². The third-order valence-corrected chi connectivity index (χ3v) is 6.08. The summed E-state index contributed by atoms with van der Waals surface area (Å²) in [5.41, 5.74) is 1.01. The van der Waals surface area contributed by atoms with Gasteiger partial charge in [-0.1, -0.05) is 48.5 Å². The number of carbonyl (C=O) groups excluding carboxylic acids is 1. The highest BCUT2D eigenvalue weighted by atomic mass is 19.1. The third kappa shape index (κ3) is 6.17. The lowest BCUT2D eigenvalue weighted by atomic mass is 9.93.